The highest BCUT2D eigenvalue weighted by atomic mass is 35.5. The van der Waals surface area contributed by atoms with Gasteiger partial charge in [-0.15, -0.1) is 23.7 Å². The molecule has 1 aromatic carbocycles. The van der Waals surface area contributed by atoms with E-state index in [9.17, 15) is 19.2 Å². The minimum atomic E-state index is -0.790. The Balaban J connectivity index is 0.00000529. The summed E-state index contributed by atoms with van der Waals surface area (Å²) in [5.74, 6) is -1.45. The summed E-state index contributed by atoms with van der Waals surface area (Å²) in [5, 5.41) is 10.9. The molecule has 0 saturated heterocycles. The van der Waals surface area contributed by atoms with Crippen molar-refractivity contribution in [2.75, 3.05) is 19.6 Å². The number of aromatic nitrogens is 2. The number of carbonyl (C=O) groups excluding carboxylic acids is 4. The third kappa shape index (κ3) is 9.10. The van der Waals surface area contributed by atoms with Crippen LogP contribution < -0.4 is 21.7 Å². The lowest BCUT2D eigenvalue weighted by molar-refractivity contribution is -0.137. The van der Waals surface area contributed by atoms with Crippen molar-refractivity contribution in [3.8, 4) is 0 Å². The summed E-state index contributed by atoms with van der Waals surface area (Å²) < 4.78 is 5.67. The quantitative estimate of drug-likeness (QED) is 0.317. The topological polar surface area (TPSA) is 173 Å². The van der Waals surface area contributed by atoms with Crippen LogP contribution in [0, 0.1) is 11.8 Å². The molecule has 0 saturated carbocycles. The Bertz CT molecular complexity index is 1430. The summed E-state index contributed by atoms with van der Waals surface area (Å²) in [5.41, 5.74) is 7.32. The highest BCUT2D eigenvalue weighted by Crippen LogP contribution is 2.26. The summed E-state index contributed by atoms with van der Waals surface area (Å²) in [6, 6.07) is 7.56. The van der Waals surface area contributed by atoms with E-state index in [0.29, 0.717) is 17.8 Å². The average molecular weight is 646 g/mol. The Morgan fingerprint density at radius 3 is 2.48 bits per heavy atom. The highest BCUT2D eigenvalue weighted by Gasteiger charge is 2.29. The normalized spacial score (nSPS) is 18.9. The summed E-state index contributed by atoms with van der Waals surface area (Å²) in [6.07, 6.45) is 2.04. The zero-order valence-corrected chi connectivity index (χ0v) is 26.9. The zero-order valence-electron chi connectivity index (χ0n) is 25.2. The molecule has 0 unspecified atom stereocenters. The van der Waals surface area contributed by atoms with Gasteiger partial charge in [0.2, 0.25) is 17.7 Å². The van der Waals surface area contributed by atoms with E-state index in [1.165, 1.54) is 22.5 Å². The lowest BCUT2D eigenvalue weighted by atomic mass is 10.0. The molecule has 12 nitrogen and oxygen atoms in total. The molecule has 0 spiro atoms. The van der Waals surface area contributed by atoms with Crippen LogP contribution in [0.25, 0.3) is 0 Å². The number of thiazole rings is 1. The number of hydrogen-bond acceptors (Lipinski definition) is 9. The molecule has 4 rings (SSSR count). The van der Waals surface area contributed by atoms with Gasteiger partial charge < -0.3 is 31.0 Å². The second kappa shape index (κ2) is 15.8. The van der Waals surface area contributed by atoms with Gasteiger partial charge in [0.1, 0.15) is 23.0 Å². The Labute approximate surface area is 267 Å². The van der Waals surface area contributed by atoms with Crippen LogP contribution in [0.5, 0.6) is 0 Å². The maximum absolute atomic E-state index is 13.4. The first-order valence-corrected chi connectivity index (χ1v) is 15.3. The molecule has 0 aliphatic carbocycles. The molecule has 4 amide bonds. The molecule has 5 N–H and O–H groups in total. The van der Waals surface area contributed by atoms with Crippen LogP contribution in [0.3, 0.4) is 0 Å². The smallest absolute Gasteiger partial charge is 0.273 e. The molecule has 0 radical (unpaired) electrons. The largest absolute Gasteiger partial charge is 0.446 e. The number of benzene rings is 1. The monoisotopic (exact) mass is 645 g/mol. The Hall–Kier alpha value is -3.81. The van der Waals surface area contributed by atoms with Gasteiger partial charge in [0, 0.05) is 24.9 Å². The number of nitrogens with two attached hydrogens (primary N) is 1. The van der Waals surface area contributed by atoms with Crippen molar-refractivity contribution < 1.29 is 23.6 Å². The number of nitrogens with one attached hydrogen (secondary N) is 3. The number of halogens is 1. The molecular formula is C30H40ClN7O5S. The number of amides is 4. The van der Waals surface area contributed by atoms with Crippen molar-refractivity contribution in [1.29, 1.82) is 0 Å². The zero-order chi connectivity index (χ0) is 31.1. The number of rotatable bonds is 6. The van der Waals surface area contributed by atoms with Gasteiger partial charge in [-0.2, -0.15) is 0 Å². The van der Waals surface area contributed by atoms with Gasteiger partial charge in [0.25, 0.3) is 11.8 Å². The summed E-state index contributed by atoms with van der Waals surface area (Å²) in [7, 11) is 0. The molecule has 0 fully saturated rings. The van der Waals surface area contributed by atoms with Gasteiger partial charge in [0.15, 0.2) is 5.69 Å². The van der Waals surface area contributed by atoms with Crippen molar-refractivity contribution in [2.24, 2.45) is 17.6 Å². The predicted molar refractivity (Wildman–Crippen MR) is 168 cm³/mol. The maximum atomic E-state index is 13.4. The van der Waals surface area contributed by atoms with E-state index in [1.54, 1.807) is 5.38 Å². The molecule has 1 aliphatic rings. The van der Waals surface area contributed by atoms with Crippen LogP contribution >= 0.6 is 23.7 Å². The number of oxazole rings is 1. The summed E-state index contributed by atoms with van der Waals surface area (Å²) in [6.45, 7) is 7.67. The molecule has 3 aromatic rings. The molecule has 238 valence electrons. The van der Waals surface area contributed by atoms with Crippen LogP contribution in [-0.2, 0) is 16.0 Å². The van der Waals surface area contributed by atoms with E-state index < -0.39 is 35.8 Å². The highest BCUT2D eigenvalue weighted by molar-refractivity contribution is 7.09. The summed E-state index contributed by atoms with van der Waals surface area (Å²) in [4.78, 5) is 63.1. The van der Waals surface area contributed by atoms with E-state index in [0.717, 1.165) is 5.56 Å². The van der Waals surface area contributed by atoms with Crippen LogP contribution in [-0.4, -0.2) is 64.2 Å². The van der Waals surface area contributed by atoms with Gasteiger partial charge in [-0.1, -0.05) is 58.0 Å². The molecule has 14 heteroatoms. The van der Waals surface area contributed by atoms with E-state index >= 15 is 0 Å². The van der Waals surface area contributed by atoms with Crippen LogP contribution in [0.1, 0.15) is 83.6 Å². The lowest BCUT2D eigenvalue weighted by Crippen LogP contribution is -2.51. The Kier molecular flexibility index (Phi) is 12.4. The SMILES string of the molecule is CC(C)C[C@H](N)C(=O)N1CCNC(=O)c2coc(n2)[C@H](Cc2ccccc2)NC(=O)c2csc(n2)[C@H](C(C)C)NC(=O)C1.Cl. The third-order valence-electron chi connectivity index (χ3n) is 7.00. The number of carbonyl (C=O) groups is 4. The van der Waals surface area contributed by atoms with Crippen molar-refractivity contribution >= 4 is 47.4 Å². The number of nitrogens with zero attached hydrogens (tertiary/aromatic N) is 3. The molecule has 2 aromatic heterocycles. The van der Waals surface area contributed by atoms with E-state index in [2.05, 4.69) is 25.9 Å². The predicted octanol–water partition coefficient (Wildman–Crippen LogP) is 3.03. The molecular weight excluding hydrogens is 606 g/mol. The second-order valence-electron chi connectivity index (χ2n) is 11.4. The second-order valence-corrected chi connectivity index (χ2v) is 12.3. The fourth-order valence-electron chi connectivity index (χ4n) is 4.78. The van der Waals surface area contributed by atoms with Gasteiger partial charge in [-0.3, -0.25) is 19.2 Å². The third-order valence-corrected chi connectivity index (χ3v) is 7.93. The van der Waals surface area contributed by atoms with Gasteiger partial charge in [-0.25, -0.2) is 9.97 Å². The molecule has 1 aliphatic heterocycles. The average Bonchev–Trinajstić information content (AvgIpc) is 3.65. The van der Waals surface area contributed by atoms with Crippen LogP contribution in [0.15, 0.2) is 46.4 Å². The fraction of sp³-hybridized carbons (Fsp3) is 0.467. The van der Waals surface area contributed by atoms with E-state index in [4.69, 9.17) is 10.2 Å². The first-order valence-electron chi connectivity index (χ1n) is 14.4. The van der Waals surface area contributed by atoms with E-state index in [1.807, 2.05) is 58.0 Å². The standard InChI is InChI=1S/C30H39N7O5S.ClH/c1-17(2)12-20(31)30(41)37-11-10-32-26(39)22-15-42-28(34-22)21(13-19-8-6-5-7-9-19)33-27(40)23-16-43-29(35-23)25(18(3)4)36-24(38)14-37;/h5-9,15-18,20-21,25H,10-14,31H2,1-4H3,(H,32,39)(H,33,40)(H,36,38);1H/t20-,21-,25-;/m0./s1. The molecule has 3 atom stereocenters. The summed E-state index contributed by atoms with van der Waals surface area (Å²) >= 11 is 1.26. The minimum Gasteiger partial charge on any atom is -0.446 e. The van der Waals surface area contributed by atoms with Gasteiger partial charge >= 0.3 is 0 Å². The van der Waals surface area contributed by atoms with Crippen molar-refractivity contribution in [3.63, 3.8) is 0 Å². The van der Waals surface area contributed by atoms with Crippen molar-refractivity contribution in [3.05, 3.63) is 69.8 Å². The maximum Gasteiger partial charge on any atom is 0.273 e. The van der Waals surface area contributed by atoms with Crippen LogP contribution in [0.4, 0.5) is 0 Å². The minimum absolute atomic E-state index is 0. The first-order chi connectivity index (χ1) is 20.5. The number of fused-ring (bicyclic) bond motifs is 4. The fourth-order valence-corrected chi connectivity index (χ4v) is 5.80. The van der Waals surface area contributed by atoms with Crippen molar-refractivity contribution in [2.45, 2.75) is 58.7 Å². The van der Waals surface area contributed by atoms with E-state index in [-0.39, 0.29) is 67.1 Å². The molecule has 3 heterocycles. The Morgan fingerprint density at radius 2 is 1.80 bits per heavy atom. The van der Waals surface area contributed by atoms with Crippen molar-refractivity contribution in [1.82, 2.24) is 30.8 Å². The van der Waals surface area contributed by atoms with Crippen LogP contribution in [0.2, 0.25) is 0 Å². The first kappa shape index (κ1) is 34.7. The molecule has 4 bridgehead atoms. The molecule has 44 heavy (non-hydrogen) atoms. The van der Waals surface area contributed by atoms with Gasteiger partial charge in [-0.05, 0) is 23.8 Å². The Morgan fingerprint density at radius 1 is 1.07 bits per heavy atom. The lowest BCUT2D eigenvalue weighted by Gasteiger charge is -2.27. The number of hydrogen-bond donors (Lipinski definition) is 4. The van der Waals surface area contributed by atoms with Gasteiger partial charge in [0.05, 0.1) is 18.6 Å².